The fourth-order valence-electron chi connectivity index (χ4n) is 20.3. The monoisotopic (exact) mass is 2740 g/mol. The van der Waals surface area contributed by atoms with Gasteiger partial charge in [0.2, 0.25) is 11.8 Å². The van der Waals surface area contributed by atoms with Crippen molar-refractivity contribution in [3.05, 3.63) is 292 Å². The van der Waals surface area contributed by atoms with Crippen LogP contribution in [0.15, 0.2) is 195 Å². The normalized spacial score (nSPS) is 16.8. The average molecular weight is 2750 g/mol. The van der Waals surface area contributed by atoms with E-state index in [0.717, 1.165) is 140 Å². The maximum atomic E-state index is 13.5. The summed E-state index contributed by atoms with van der Waals surface area (Å²) in [5, 5.41) is 7.11. The number of nitrogens with zero attached hydrogens (tertiary/aromatic N) is 16. The van der Waals surface area contributed by atoms with Crippen LogP contribution < -0.4 is 19.6 Å². The van der Waals surface area contributed by atoms with E-state index in [-0.39, 0.29) is 47.9 Å². The number of hydrogen-bond donors (Lipinski definition) is 0. The zero-order valence-electron chi connectivity index (χ0n) is 87.5. The number of halogens is 10. The Morgan fingerprint density at radius 2 is 0.845 bits per heavy atom. The number of benzene rings is 10. The summed E-state index contributed by atoms with van der Waals surface area (Å²) in [7, 11) is 11.8. The van der Waals surface area contributed by atoms with Crippen LogP contribution >= 0.6 is 182 Å². The molecule has 22 nitrogen and oxygen atoms in total. The van der Waals surface area contributed by atoms with Crippen LogP contribution in [0.25, 0.3) is 43.6 Å². The Morgan fingerprint density at radius 1 is 0.412 bits per heavy atom. The Bertz CT molecular complexity index is 7010. The number of esters is 2. The van der Waals surface area contributed by atoms with Gasteiger partial charge in [0.15, 0.2) is 0 Å². The third kappa shape index (κ3) is 28.1. The van der Waals surface area contributed by atoms with Crippen LogP contribution in [0.5, 0.6) is 0 Å². The van der Waals surface area contributed by atoms with Crippen LogP contribution in [0.1, 0.15) is 161 Å². The van der Waals surface area contributed by atoms with Gasteiger partial charge in [-0.25, -0.2) is 39.9 Å². The smallest absolute Gasteiger partial charge is 0.323 e. The van der Waals surface area contributed by atoms with E-state index in [1.165, 1.54) is 95.6 Å². The second-order valence-corrected chi connectivity index (χ2v) is 47.3. The summed E-state index contributed by atoms with van der Waals surface area (Å²) in [5.41, 5.74) is 20.3. The lowest BCUT2D eigenvalue weighted by molar-refractivity contribution is -0.154. The minimum Gasteiger partial charge on any atom is -0.465 e. The Kier molecular flexibility index (Phi) is 42.6. The van der Waals surface area contributed by atoms with Gasteiger partial charge in [-0.1, -0.05) is 108 Å². The summed E-state index contributed by atoms with van der Waals surface area (Å²) in [6.07, 6.45) is 18.7. The quantitative estimate of drug-likeness (QED) is 0.0406. The fraction of sp³-hybridized carbons (Fsp3) is 0.379. The summed E-state index contributed by atoms with van der Waals surface area (Å²) in [4.78, 5) is 105. The molecule has 0 N–H and O–H groups in total. The number of likely N-dealkylation sites (tertiary alicyclic amines) is 2. The number of hydrogen-bond acceptors (Lipinski definition) is 20. The van der Waals surface area contributed by atoms with Crippen molar-refractivity contribution in [3.8, 4) is 0 Å². The number of fused-ring (bicyclic) bond motifs is 6. The average Bonchev–Trinajstić information content (AvgIpc) is 1.52. The summed E-state index contributed by atoms with van der Waals surface area (Å²) < 4.78 is 17.7. The van der Waals surface area contributed by atoms with E-state index in [2.05, 4.69) is 337 Å². The van der Waals surface area contributed by atoms with Gasteiger partial charge in [0, 0.05) is 113 Å². The third-order valence-corrected chi connectivity index (χ3v) is 37.2. The summed E-state index contributed by atoms with van der Waals surface area (Å²) in [6, 6.07) is 56.4. The predicted octanol–water partition coefficient (Wildman–Crippen LogP) is 29.6. The second-order valence-electron chi connectivity index (χ2n) is 38.8. The molecule has 2 saturated heterocycles. The van der Waals surface area contributed by atoms with Gasteiger partial charge in [0.25, 0.3) is 0 Å². The number of ether oxygens (including phenoxy) is 2. The van der Waals surface area contributed by atoms with Crippen LogP contribution in [0.2, 0.25) is 20.1 Å². The van der Waals surface area contributed by atoms with Crippen molar-refractivity contribution in [2.45, 2.75) is 222 Å². The summed E-state index contributed by atoms with van der Waals surface area (Å²) >= 11 is 38.6. The lowest BCUT2D eigenvalue weighted by Crippen LogP contribution is -2.54. The molecule has 10 aromatic carbocycles. The summed E-state index contributed by atoms with van der Waals surface area (Å²) in [6.45, 7) is 29.5. The number of anilines is 8. The minimum atomic E-state index is -0.433. The van der Waals surface area contributed by atoms with Crippen molar-refractivity contribution in [1.29, 1.82) is 0 Å². The molecule has 0 spiro atoms. The van der Waals surface area contributed by atoms with Crippen LogP contribution in [0, 0.1) is 88.6 Å². The van der Waals surface area contributed by atoms with E-state index in [0.29, 0.717) is 65.0 Å². The third-order valence-electron chi connectivity index (χ3n) is 29.4. The molecule has 2 amide bonds. The molecule has 2 aliphatic heterocycles. The Labute approximate surface area is 974 Å². The van der Waals surface area contributed by atoms with E-state index in [1.807, 2.05) is 187 Å². The topological polar surface area (TPSA) is 216 Å². The van der Waals surface area contributed by atoms with Crippen molar-refractivity contribution >= 4 is 295 Å². The Balaban J connectivity index is 0.000000149. The maximum absolute atomic E-state index is 13.5. The first-order chi connectivity index (χ1) is 70.6. The standard InChI is InChI=1S/2C24H35IN2O3.4C17H15ClIN3/c1-5-30-24(29)22(14-13-18-9-6-7-11-20(18)25)26(4)17(3)23(28)27-16(2)15-19-10-8-12-21(19)27;1-5-30-24(29)22(14-11-18-9-12-20(25)13-10-18)26(4)17(3)23(28)27-16(2)15-19-7-6-8-21(19)27;1-10-6-13-15(7-11(10)2)20-9-21-17(13)22(3)16-8-12(18)4-5-14(16)19;1-10-7-14-15(16(19)11(10)2)17(21-9-20-14)22(3)13-6-4-5-12(18)8-13;1-10-7-14-16(15(19)11(10)2)20-9-21-17(14)22(3)13-6-4-5-12(18)8-13;1-10-7-12-14(8-11(10)2)20-9-21-17(12)22(3)15-6-4-5-13(18)16(15)19/h6-7,9,11,16-17,19,21-22H,5,8,10,12-15H2,1-4H3;9-10,12-13,16-17,19,21-22H,5-8,11,14-15H2,1-4H3;4*4-9H,1-3H3/t2*16-,17+,19+,21+,22+;;;;/m11..../s1. The predicted molar refractivity (Wildman–Crippen MR) is 659 cm³/mol. The number of aryl methyl sites for hydroxylation is 8. The van der Waals surface area contributed by atoms with E-state index < -0.39 is 12.1 Å². The molecule has 0 unspecified atom stereocenters. The van der Waals surface area contributed by atoms with Crippen molar-refractivity contribution in [1.82, 2.24) is 59.5 Å². The van der Waals surface area contributed by atoms with Crippen molar-refractivity contribution < 1.29 is 28.7 Å². The highest BCUT2D eigenvalue weighted by molar-refractivity contribution is 14.1. The number of likely N-dealkylation sites (N-methyl/N-ethyl adjacent to an activating group) is 2. The number of rotatable bonds is 24. The largest absolute Gasteiger partial charge is 0.465 e. The van der Waals surface area contributed by atoms with E-state index >= 15 is 0 Å². The van der Waals surface area contributed by atoms with Gasteiger partial charge in [-0.05, 0) is 500 Å². The molecule has 2 aliphatic carbocycles. The highest BCUT2D eigenvalue weighted by Crippen LogP contribution is 2.46. The number of amides is 2. The van der Waals surface area contributed by atoms with Crippen LogP contribution in [0.3, 0.4) is 0 Å². The lowest BCUT2D eigenvalue weighted by Gasteiger charge is -2.36. The van der Waals surface area contributed by atoms with Crippen LogP contribution in [0.4, 0.5) is 46.0 Å². The molecule has 18 rings (SSSR count). The van der Waals surface area contributed by atoms with Gasteiger partial charge in [-0.2, -0.15) is 0 Å². The van der Waals surface area contributed by atoms with Crippen molar-refractivity contribution in [2.24, 2.45) is 11.8 Å². The fourth-order valence-corrected chi connectivity index (χ4v) is 25.2. The maximum Gasteiger partial charge on any atom is 0.323 e. The molecular weight excluding hydrogens is 2620 g/mol. The molecule has 4 fully saturated rings. The first kappa shape index (κ1) is 117. The molecule has 2 saturated carbocycles. The van der Waals surface area contributed by atoms with Crippen molar-refractivity contribution in [2.75, 3.05) is 75.1 Å². The molecule has 780 valence electrons. The molecule has 4 aliphatic rings. The summed E-state index contributed by atoms with van der Waals surface area (Å²) in [5.74, 6) is 4.68. The molecule has 14 aromatic rings. The van der Waals surface area contributed by atoms with Gasteiger partial charge in [0.1, 0.15) is 60.7 Å². The van der Waals surface area contributed by atoms with Crippen LogP contribution in [-0.2, 0) is 41.5 Å². The highest BCUT2D eigenvalue weighted by atomic mass is 127. The minimum absolute atomic E-state index is 0.156. The zero-order chi connectivity index (χ0) is 107. The highest BCUT2D eigenvalue weighted by Gasteiger charge is 2.48. The van der Waals surface area contributed by atoms with Gasteiger partial charge in [-0.3, -0.25) is 29.0 Å². The van der Waals surface area contributed by atoms with Crippen LogP contribution in [-0.4, -0.2) is 187 Å². The molecule has 10 atom stereocenters. The van der Waals surface area contributed by atoms with Gasteiger partial charge < -0.3 is 38.9 Å². The lowest BCUT2D eigenvalue weighted by atomic mass is 10.0. The first-order valence-electron chi connectivity index (χ1n) is 50.1. The van der Waals surface area contributed by atoms with E-state index in [1.54, 1.807) is 25.3 Å². The molecule has 6 heterocycles. The molecule has 32 heteroatoms. The molecule has 0 radical (unpaired) electrons. The van der Waals surface area contributed by atoms with Gasteiger partial charge >= 0.3 is 11.9 Å². The second kappa shape index (κ2) is 53.8. The first-order valence-corrected chi connectivity index (χ1v) is 58.1. The van der Waals surface area contributed by atoms with Gasteiger partial charge in [0.05, 0.1) is 72.7 Å². The zero-order valence-corrected chi connectivity index (χ0v) is 104. The molecular formula is C116H130Cl4I6N16O6. The van der Waals surface area contributed by atoms with Gasteiger partial charge in [-0.15, -0.1) is 0 Å². The number of carbonyl (C=O) groups excluding carboxylic acids is 4. The molecule has 4 aromatic heterocycles. The Morgan fingerprint density at radius 3 is 1.36 bits per heavy atom. The molecule has 148 heavy (non-hydrogen) atoms. The Hall–Kier alpha value is -7.90. The van der Waals surface area contributed by atoms with E-state index in [9.17, 15) is 19.2 Å². The molecule has 0 bridgehead atoms. The van der Waals surface area contributed by atoms with E-state index in [4.69, 9.17) is 55.9 Å². The number of carbonyl (C=O) groups is 4. The van der Waals surface area contributed by atoms with Crippen molar-refractivity contribution in [3.63, 3.8) is 0 Å². The SMILES string of the molecule is CCOC(=O)[C@H](CCc1ccc(I)cc1)N(C)[C@@H](C)C(=O)N1[C@H](C)C[C@@H]2CCC[C@@H]21.CCOC(=O)[C@H](CCc1ccccc1I)N(C)[C@@H](C)C(=O)N1[C@H](C)C[C@@H]2CCC[C@@H]21.Cc1cc2c(N(C)c3cccc(Cl)c3)ncnc2c(I)c1C.Cc1cc2ncnc(N(C)c3cc(Cl)ccc3I)c2cc1C.Cc1cc2ncnc(N(C)c3cccc(Cl)c3)c2c(I)c1C.Cc1cc2ncnc(N(C)c3cccc(Cl)c3I)c2cc1C. The number of aromatic nitrogens is 8.